The monoisotopic (exact) mass is 496 g/mol. The van der Waals surface area contributed by atoms with E-state index in [0.29, 0.717) is 36.0 Å². The number of anilines is 2. The first-order chi connectivity index (χ1) is 17.5. The molecule has 0 spiro atoms. The quantitative estimate of drug-likeness (QED) is 0.513. The van der Waals surface area contributed by atoms with E-state index in [1.54, 1.807) is 60.5 Å². The highest BCUT2D eigenvalue weighted by molar-refractivity contribution is 6.00. The van der Waals surface area contributed by atoms with Gasteiger partial charge in [-0.05, 0) is 48.5 Å². The van der Waals surface area contributed by atoms with Gasteiger partial charge in [0, 0.05) is 50.5 Å². The molecule has 0 aliphatic carbocycles. The van der Waals surface area contributed by atoms with Crippen LogP contribution in [0.2, 0.25) is 0 Å². The van der Waals surface area contributed by atoms with Gasteiger partial charge in [-0.3, -0.25) is 19.3 Å². The molecule has 0 unspecified atom stereocenters. The summed E-state index contributed by atoms with van der Waals surface area (Å²) in [6.45, 7) is 4.72. The Bertz CT molecular complexity index is 1040. The van der Waals surface area contributed by atoms with Crippen LogP contribution in [0.1, 0.15) is 6.42 Å². The molecule has 2 fully saturated rings. The van der Waals surface area contributed by atoms with E-state index in [4.69, 9.17) is 14.2 Å². The van der Waals surface area contributed by atoms with Gasteiger partial charge in [-0.25, -0.2) is 0 Å². The Morgan fingerprint density at radius 1 is 1.03 bits per heavy atom. The maximum Gasteiger partial charge on any atom is 0.262 e. The minimum atomic E-state index is -0.375. The molecule has 36 heavy (non-hydrogen) atoms. The standard InChI is InChI=1S/C26H32N4O6/c1-34-22-6-2-20(3-7-22)28-24(31)18-36-23-8-4-21(5-9-23)30-17-19(16-25(30)32)26(33)27-10-11-29-12-14-35-15-13-29/h2-9,19H,10-18H2,1H3,(H,27,33)(H,28,31)/t19-/m1/s1. The molecule has 0 radical (unpaired) electrons. The first kappa shape index (κ1) is 25.5. The van der Waals surface area contributed by atoms with Crippen LogP contribution < -0.4 is 25.0 Å². The van der Waals surface area contributed by atoms with E-state index in [-0.39, 0.29) is 36.7 Å². The summed E-state index contributed by atoms with van der Waals surface area (Å²) < 4.78 is 16.0. The number of carbonyl (C=O) groups is 3. The number of morpholine rings is 1. The van der Waals surface area contributed by atoms with Gasteiger partial charge < -0.3 is 29.7 Å². The zero-order chi connectivity index (χ0) is 25.3. The number of benzene rings is 2. The van der Waals surface area contributed by atoms with Crippen LogP contribution in [-0.4, -0.2) is 82.3 Å². The number of methoxy groups -OCH3 is 1. The number of hydrogen-bond acceptors (Lipinski definition) is 7. The van der Waals surface area contributed by atoms with Gasteiger partial charge >= 0.3 is 0 Å². The second-order valence-corrected chi connectivity index (χ2v) is 8.71. The van der Waals surface area contributed by atoms with Crippen LogP contribution in [0.15, 0.2) is 48.5 Å². The fourth-order valence-electron chi connectivity index (χ4n) is 4.18. The molecule has 192 valence electrons. The van der Waals surface area contributed by atoms with Gasteiger partial charge in [0.25, 0.3) is 5.91 Å². The fraction of sp³-hybridized carbons (Fsp3) is 0.423. The molecular weight excluding hydrogens is 464 g/mol. The van der Waals surface area contributed by atoms with Crippen molar-refractivity contribution in [3.05, 3.63) is 48.5 Å². The third-order valence-electron chi connectivity index (χ3n) is 6.22. The van der Waals surface area contributed by atoms with E-state index in [1.807, 2.05) is 0 Å². The van der Waals surface area contributed by atoms with Crippen LogP contribution in [0.5, 0.6) is 11.5 Å². The molecule has 0 aromatic heterocycles. The van der Waals surface area contributed by atoms with Crippen molar-refractivity contribution >= 4 is 29.1 Å². The van der Waals surface area contributed by atoms with Crippen molar-refractivity contribution in [2.24, 2.45) is 5.92 Å². The number of ether oxygens (including phenoxy) is 3. The van der Waals surface area contributed by atoms with E-state index >= 15 is 0 Å². The lowest BCUT2D eigenvalue weighted by Crippen LogP contribution is -2.42. The molecule has 10 nitrogen and oxygen atoms in total. The lowest BCUT2D eigenvalue weighted by Gasteiger charge is -2.26. The van der Waals surface area contributed by atoms with Gasteiger partial charge in [0.05, 0.1) is 26.2 Å². The largest absolute Gasteiger partial charge is 0.497 e. The third-order valence-corrected chi connectivity index (χ3v) is 6.22. The van der Waals surface area contributed by atoms with Crippen molar-refractivity contribution in [3.63, 3.8) is 0 Å². The van der Waals surface area contributed by atoms with Gasteiger partial charge in [0.1, 0.15) is 11.5 Å². The van der Waals surface area contributed by atoms with Crippen LogP contribution in [0.25, 0.3) is 0 Å². The molecule has 2 heterocycles. The predicted octanol–water partition coefficient (Wildman–Crippen LogP) is 1.51. The summed E-state index contributed by atoms with van der Waals surface area (Å²) in [5.41, 5.74) is 1.34. The molecule has 4 rings (SSSR count). The summed E-state index contributed by atoms with van der Waals surface area (Å²) in [6.07, 6.45) is 0.188. The van der Waals surface area contributed by atoms with Crippen molar-refractivity contribution < 1.29 is 28.6 Å². The van der Waals surface area contributed by atoms with Crippen LogP contribution in [-0.2, 0) is 19.1 Å². The SMILES string of the molecule is COc1ccc(NC(=O)COc2ccc(N3C[C@H](C(=O)NCCN4CCOCC4)CC3=O)cc2)cc1. The number of amides is 3. The molecule has 2 aliphatic rings. The van der Waals surface area contributed by atoms with E-state index in [2.05, 4.69) is 15.5 Å². The number of hydrogen-bond donors (Lipinski definition) is 2. The predicted molar refractivity (Wildman–Crippen MR) is 134 cm³/mol. The Morgan fingerprint density at radius 2 is 1.72 bits per heavy atom. The smallest absolute Gasteiger partial charge is 0.262 e. The molecule has 2 aliphatic heterocycles. The summed E-state index contributed by atoms with van der Waals surface area (Å²) in [5.74, 6) is 0.364. The van der Waals surface area contributed by atoms with E-state index in [1.165, 1.54) is 0 Å². The Kier molecular flexibility index (Phi) is 8.75. The van der Waals surface area contributed by atoms with Gasteiger partial charge in [-0.2, -0.15) is 0 Å². The Labute approximate surface area is 210 Å². The third kappa shape index (κ3) is 6.96. The highest BCUT2D eigenvalue weighted by atomic mass is 16.5. The van der Waals surface area contributed by atoms with Crippen LogP contribution in [0.3, 0.4) is 0 Å². The molecule has 1 atom stereocenters. The summed E-state index contributed by atoms with van der Waals surface area (Å²) in [7, 11) is 1.58. The molecule has 2 saturated heterocycles. The van der Waals surface area contributed by atoms with Crippen LogP contribution >= 0.6 is 0 Å². The van der Waals surface area contributed by atoms with Gasteiger partial charge in [0.2, 0.25) is 11.8 Å². The minimum Gasteiger partial charge on any atom is -0.497 e. The molecule has 10 heteroatoms. The van der Waals surface area contributed by atoms with Crippen molar-refractivity contribution in [3.8, 4) is 11.5 Å². The van der Waals surface area contributed by atoms with Crippen LogP contribution in [0, 0.1) is 5.92 Å². The molecule has 3 amide bonds. The lowest BCUT2D eigenvalue weighted by atomic mass is 10.1. The number of rotatable bonds is 10. The highest BCUT2D eigenvalue weighted by Crippen LogP contribution is 2.27. The number of carbonyl (C=O) groups excluding carboxylic acids is 3. The topological polar surface area (TPSA) is 109 Å². The first-order valence-electron chi connectivity index (χ1n) is 12.1. The Balaban J connectivity index is 1.21. The zero-order valence-corrected chi connectivity index (χ0v) is 20.4. The van der Waals surface area contributed by atoms with Crippen molar-refractivity contribution in [1.82, 2.24) is 10.2 Å². The van der Waals surface area contributed by atoms with Gasteiger partial charge in [-0.15, -0.1) is 0 Å². The number of nitrogens with one attached hydrogen (secondary N) is 2. The average Bonchev–Trinajstić information content (AvgIpc) is 3.30. The zero-order valence-electron chi connectivity index (χ0n) is 20.4. The normalized spacial score (nSPS) is 18.1. The second kappa shape index (κ2) is 12.4. The van der Waals surface area contributed by atoms with E-state index < -0.39 is 0 Å². The molecule has 2 aromatic rings. The maximum absolute atomic E-state index is 12.6. The molecular formula is C26H32N4O6. The molecule has 2 N–H and O–H groups in total. The molecule has 0 saturated carbocycles. The summed E-state index contributed by atoms with van der Waals surface area (Å²) in [5, 5.41) is 5.71. The van der Waals surface area contributed by atoms with E-state index in [9.17, 15) is 14.4 Å². The van der Waals surface area contributed by atoms with Crippen molar-refractivity contribution in [1.29, 1.82) is 0 Å². The Hall–Kier alpha value is -3.63. The summed E-state index contributed by atoms with van der Waals surface area (Å²) >= 11 is 0. The minimum absolute atomic E-state index is 0.0872. The molecule has 2 aromatic carbocycles. The second-order valence-electron chi connectivity index (χ2n) is 8.71. The summed E-state index contributed by atoms with van der Waals surface area (Å²) in [6, 6.07) is 13.9. The highest BCUT2D eigenvalue weighted by Gasteiger charge is 2.35. The van der Waals surface area contributed by atoms with Gasteiger partial charge in [0.15, 0.2) is 6.61 Å². The van der Waals surface area contributed by atoms with Crippen LogP contribution in [0.4, 0.5) is 11.4 Å². The van der Waals surface area contributed by atoms with Gasteiger partial charge in [-0.1, -0.05) is 0 Å². The average molecular weight is 497 g/mol. The Morgan fingerprint density at radius 3 is 2.42 bits per heavy atom. The fourth-order valence-corrected chi connectivity index (χ4v) is 4.18. The first-order valence-corrected chi connectivity index (χ1v) is 12.1. The lowest BCUT2D eigenvalue weighted by molar-refractivity contribution is -0.126. The molecule has 0 bridgehead atoms. The van der Waals surface area contributed by atoms with Crippen molar-refractivity contribution in [2.75, 3.05) is 69.9 Å². The number of nitrogens with zero attached hydrogens (tertiary/aromatic N) is 2. The van der Waals surface area contributed by atoms with Crippen molar-refractivity contribution in [2.45, 2.75) is 6.42 Å². The van der Waals surface area contributed by atoms with E-state index in [0.717, 1.165) is 32.8 Å². The summed E-state index contributed by atoms with van der Waals surface area (Å²) in [4.78, 5) is 41.2. The maximum atomic E-state index is 12.6.